The van der Waals surface area contributed by atoms with E-state index in [2.05, 4.69) is 10.2 Å². The Morgan fingerprint density at radius 3 is 2.45 bits per heavy atom. The van der Waals surface area contributed by atoms with Crippen molar-refractivity contribution in [3.63, 3.8) is 0 Å². The minimum Gasteiger partial charge on any atom is -0.378 e. The summed E-state index contributed by atoms with van der Waals surface area (Å²) in [5.41, 5.74) is 6.48. The molecule has 1 fully saturated rings. The Hall–Kier alpha value is -3.12. The number of anilines is 2. The third kappa shape index (κ3) is 4.49. The van der Waals surface area contributed by atoms with Crippen molar-refractivity contribution in [2.45, 2.75) is 27.3 Å². The largest absolute Gasteiger partial charge is 0.378 e. The first-order valence-corrected chi connectivity index (χ1v) is 10.6. The number of amides is 1. The highest BCUT2D eigenvalue weighted by atomic mass is 19.1. The molecule has 1 saturated heterocycles. The van der Waals surface area contributed by atoms with Gasteiger partial charge in [-0.3, -0.25) is 4.79 Å². The molecule has 0 spiro atoms. The standard InChI is InChI=1S/C25H28FN3O2/c1-17-5-4-6-22(15-17)27-25(30)24-18(2)23(28-11-13-31-14-12-28)19(3)29(24)16-20-7-9-21(26)10-8-20/h4-10,15H,11-14,16H2,1-3H3,(H,27,30). The number of carbonyl (C=O) groups is 1. The molecule has 6 heteroatoms. The third-order valence-corrected chi connectivity index (χ3v) is 5.80. The average Bonchev–Trinajstić information content (AvgIpc) is 3.00. The fraction of sp³-hybridized carbons (Fsp3) is 0.320. The van der Waals surface area contributed by atoms with E-state index in [0.717, 1.165) is 46.8 Å². The van der Waals surface area contributed by atoms with E-state index in [4.69, 9.17) is 4.74 Å². The molecule has 4 rings (SSSR count). The maximum Gasteiger partial charge on any atom is 0.272 e. The highest BCUT2D eigenvalue weighted by Gasteiger charge is 2.27. The van der Waals surface area contributed by atoms with Crippen molar-refractivity contribution >= 4 is 17.3 Å². The molecule has 2 heterocycles. The molecule has 0 saturated carbocycles. The van der Waals surface area contributed by atoms with Crippen molar-refractivity contribution in [1.29, 1.82) is 0 Å². The number of hydrogen-bond acceptors (Lipinski definition) is 3. The molecule has 1 aromatic heterocycles. The van der Waals surface area contributed by atoms with Gasteiger partial charge in [-0.2, -0.15) is 0 Å². The van der Waals surface area contributed by atoms with Crippen LogP contribution in [0, 0.1) is 26.6 Å². The minimum atomic E-state index is -0.268. The number of halogens is 1. The van der Waals surface area contributed by atoms with Gasteiger partial charge >= 0.3 is 0 Å². The molecular formula is C25H28FN3O2. The van der Waals surface area contributed by atoms with E-state index in [0.29, 0.717) is 25.5 Å². The van der Waals surface area contributed by atoms with Crippen LogP contribution in [0.2, 0.25) is 0 Å². The molecule has 0 aliphatic carbocycles. The number of benzene rings is 2. The second-order valence-electron chi connectivity index (χ2n) is 8.04. The zero-order valence-electron chi connectivity index (χ0n) is 18.2. The van der Waals surface area contributed by atoms with Gasteiger partial charge in [-0.25, -0.2) is 4.39 Å². The summed E-state index contributed by atoms with van der Waals surface area (Å²) in [7, 11) is 0. The highest BCUT2D eigenvalue weighted by Crippen LogP contribution is 2.33. The number of morpholine rings is 1. The first kappa shape index (κ1) is 21.1. The van der Waals surface area contributed by atoms with Crippen LogP contribution < -0.4 is 10.2 Å². The lowest BCUT2D eigenvalue weighted by Crippen LogP contribution is -2.36. The van der Waals surface area contributed by atoms with Crippen molar-refractivity contribution in [1.82, 2.24) is 4.57 Å². The van der Waals surface area contributed by atoms with Gasteiger partial charge in [0.05, 0.1) is 18.9 Å². The summed E-state index contributed by atoms with van der Waals surface area (Å²) < 4.78 is 21.0. The lowest BCUT2D eigenvalue weighted by Gasteiger charge is -2.29. The fourth-order valence-corrected chi connectivity index (χ4v) is 4.31. The zero-order valence-corrected chi connectivity index (χ0v) is 18.2. The number of carbonyl (C=O) groups excluding carboxylic acids is 1. The zero-order chi connectivity index (χ0) is 22.0. The molecule has 1 aliphatic heterocycles. The molecule has 2 aromatic carbocycles. The molecule has 0 radical (unpaired) electrons. The van der Waals surface area contributed by atoms with E-state index < -0.39 is 0 Å². The fourth-order valence-electron chi connectivity index (χ4n) is 4.31. The van der Waals surface area contributed by atoms with Crippen LogP contribution in [0.15, 0.2) is 48.5 Å². The number of hydrogen-bond donors (Lipinski definition) is 1. The Bertz CT molecular complexity index is 1080. The maximum absolute atomic E-state index is 13.4. The van der Waals surface area contributed by atoms with Crippen molar-refractivity contribution in [3.05, 3.63) is 82.4 Å². The molecule has 1 amide bonds. The molecule has 1 N–H and O–H groups in total. The number of nitrogens with zero attached hydrogens (tertiary/aromatic N) is 2. The SMILES string of the molecule is Cc1cccc(NC(=O)c2c(C)c(N3CCOCC3)c(C)n2Cc2ccc(F)cc2)c1. The minimum absolute atomic E-state index is 0.146. The van der Waals surface area contributed by atoms with Crippen LogP contribution in [0.25, 0.3) is 0 Å². The summed E-state index contributed by atoms with van der Waals surface area (Å²) in [5.74, 6) is -0.414. The van der Waals surface area contributed by atoms with Gasteiger partial charge in [-0.15, -0.1) is 0 Å². The Labute approximate surface area is 182 Å². The second-order valence-corrected chi connectivity index (χ2v) is 8.04. The molecular weight excluding hydrogens is 393 g/mol. The summed E-state index contributed by atoms with van der Waals surface area (Å²) in [6.45, 7) is 9.48. The van der Waals surface area contributed by atoms with Gasteiger partial charge < -0.3 is 19.5 Å². The third-order valence-electron chi connectivity index (χ3n) is 5.80. The van der Waals surface area contributed by atoms with Gasteiger partial charge in [0.2, 0.25) is 0 Å². The van der Waals surface area contributed by atoms with E-state index >= 15 is 0 Å². The predicted molar refractivity (Wildman–Crippen MR) is 122 cm³/mol. The molecule has 0 unspecified atom stereocenters. The van der Waals surface area contributed by atoms with Crippen molar-refractivity contribution in [2.24, 2.45) is 0 Å². The maximum atomic E-state index is 13.4. The summed E-state index contributed by atoms with van der Waals surface area (Å²) in [5, 5.41) is 3.06. The first-order chi connectivity index (χ1) is 14.9. The quantitative estimate of drug-likeness (QED) is 0.650. The van der Waals surface area contributed by atoms with Crippen LogP contribution in [0.3, 0.4) is 0 Å². The Morgan fingerprint density at radius 2 is 1.77 bits per heavy atom. The van der Waals surface area contributed by atoms with Gasteiger partial charge in [0.1, 0.15) is 11.5 Å². The summed E-state index contributed by atoms with van der Waals surface area (Å²) in [6, 6.07) is 14.2. The van der Waals surface area contributed by atoms with Crippen LogP contribution >= 0.6 is 0 Å². The monoisotopic (exact) mass is 421 g/mol. The second kappa shape index (κ2) is 8.94. The topological polar surface area (TPSA) is 46.5 Å². The molecule has 162 valence electrons. The van der Waals surface area contributed by atoms with Crippen LogP contribution in [-0.4, -0.2) is 36.8 Å². The van der Waals surface area contributed by atoms with Gasteiger partial charge in [0.15, 0.2) is 0 Å². The van der Waals surface area contributed by atoms with E-state index in [1.807, 2.05) is 49.6 Å². The number of nitrogens with one attached hydrogen (secondary N) is 1. The van der Waals surface area contributed by atoms with Crippen LogP contribution in [0.1, 0.15) is 32.9 Å². The molecule has 5 nitrogen and oxygen atoms in total. The normalized spacial score (nSPS) is 14.0. The summed E-state index contributed by atoms with van der Waals surface area (Å²) in [4.78, 5) is 15.7. The van der Waals surface area contributed by atoms with E-state index in [9.17, 15) is 9.18 Å². The molecule has 0 atom stereocenters. The highest BCUT2D eigenvalue weighted by molar-refractivity contribution is 6.05. The Morgan fingerprint density at radius 1 is 1.06 bits per heavy atom. The van der Waals surface area contributed by atoms with Crippen molar-refractivity contribution in [2.75, 3.05) is 36.5 Å². The number of aromatic nitrogens is 1. The molecule has 3 aromatic rings. The lowest BCUT2D eigenvalue weighted by atomic mass is 10.1. The molecule has 31 heavy (non-hydrogen) atoms. The van der Waals surface area contributed by atoms with Gasteiger partial charge in [-0.1, -0.05) is 24.3 Å². The van der Waals surface area contributed by atoms with E-state index in [1.54, 1.807) is 12.1 Å². The predicted octanol–water partition coefficient (Wildman–Crippen LogP) is 4.69. The van der Waals surface area contributed by atoms with Gasteiger partial charge in [-0.05, 0) is 56.2 Å². The van der Waals surface area contributed by atoms with Crippen LogP contribution in [0.5, 0.6) is 0 Å². The lowest BCUT2D eigenvalue weighted by molar-refractivity contribution is 0.101. The van der Waals surface area contributed by atoms with Crippen molar-refractivity contribution < 1.29 is 13.9 Å². The average molecular weight is 422 g/mol. The number of ether oxygens (including phenoxy) is 1. The Kier molecular flexibility index (Phi) is 6.09. The van der Waals surface area contributed by atoms with Crippen LogP contribution in [0.4, 0.5) is 15.8 Å². The summed E-state index contributed by atoms with van der Waals surface area (Å²) in [6.07, 6.45) is 0. The van der Waals surface area contributed by atoms with Crippen LogP contribution in [-0.2, 0) is 11.3 Å². The Balaban J connectivity index is 1.75. The van der Waals surface area contributed by atoms with Gasteiger partial charge in [0.25, 0.3) is 5.91 Å². The molecule has 0 bridgehead atoms. The summed E-state index contributed by atoms with van der Waals surface area (Å²) >= 11 is 0. The van der Waals surface area contributed by atoms with E-state index in [-0.39, 0.29) is 11.7 Å². The van der Waals surface area contributed by atoms with Crippen molar-refractivity contribution in [3.8, 4) is 0 Å². The molecule has 1 aliphatic rings. The first-order valence-electron chi connectivity index (χ1n) is 10.6. The number of rotatable bonds is 5. The number of aryl methyl sites for hydroxylation is 1. The smallest absolute Gasteiger partial charge is 0.272 e. The van der Waals surface area contributed by atoms with E-state index in [1.165, 1.54) is 12.1 Å². The van der Waals surface area contributed by atoms with Gasteiger partial charge in [0, 0.05) is 36.6 Å².